The fourth-order valence-electron chi connectivity index (χ4n) is 1.53. The molecule has 0 saturated heterocycles. The first-order chi connectivity index (χ1) is 8.72. The van der Waals surface area contributed by atoms with E-state index in [-0.39, 0.29) is 0 Å². The molecule has 2 rings (SSSR count). The van der Waals surface area contributed by atoms with Gasteiger partial charge in [0.25, 0.3) is 5.89 Å². The largest absolute Gasteiger partial charge is 0.421 e. The van der Waals surface area contributed by atoms with Gasteiger partial charge in [-0.2, -0.15) is 0 Å². The van der Waals surface area contributed by atoms with Crippen molar-refractivity contribution in [3.05, 3.63) is 34.1 Å². The summed E-state index contributed by atoms with van der Waals surface area (Å²) in [5.74, 6) is 0.930. The van der Waals surface area contributed by atoms with Gasteiger partial charge in [-0.05, 0) is 18.7 Å². The molecule has 4 nitrogen and oxygen atoms in total. The highest BCUT2D eigenvalue weighted by molar-refractivity contribution is 6.38. The molecular weight excluding hydrogens is 273 g/mol. The van der Waals surface area contributed by atoms with Gasteiger partial charge in [0.15, 0.2) is 0 Å². The van der Waals surface area contributed by atoms with Crippen molar-refractivity contribution in [1.29, 1.82) is 0 Å². The SMILES string of the molecule is CCNCCc1nnc(-c2c(Cl)cccc2Cl)o1. The lowest BCUT2D eigenvalue weighted by Crippen LogP contribution is -2.16. The molecule has 0 radical (unpaired) electrons. The number of halogens is 2. The van der Waals surface area contributed by atoms with Gasteiger partial charge in [0, 0.05) is 13.0 Å². The number of benzene rings is 1. The zero-order chi connectivity index (χ0) is 13.0. The Morgan fingerprint density at radius 2 is 1.94 bits per heavy atom. The molecule has 96 valence electrons. The van der Waals surface area contributed by atoms with E-state index in [4.69, 9.17) is 27.6 Å². The van der Waals surface area contributed by atoms with Crippen LogP contribution in [0.4, 0.5) is 0 Å². The Morgan fingerprint density at radius 3 is 2.61 bits per heavy atom. The molecule has 1 aromatic carbocycles. The Hall–Kier alpha value is -1.10. The van der Waals surface area contributed by atoms with Crippen LogP contribution in [0.1, 0.15) is 12.8 Å². The third kappa shape index (κ3) is 3.02. The minimum absolute atomic E-state index is 0.358. The summed E-state index contributed by atoms with van der Waals surface area (Å²) in [5.41, 5.74) is 0.586. The van der Waals surface area contributed by atoms with Gasteiger partial charge in [-0.1, -0.05) is 36.2 Å². The van der Waals surface area contributed by atoms with Gasteiger partial charge in [-0.3, -0.25) is 0 Å². The zero-order valence-electron chi connectivity index (χ0n) is 9.91. The molecule has 0 aliphatic rings. The number of likely N-dealkylation sites (N-methyl/N-ethyl adjacent to an activating group) is 1. The van der Waals surface area contributed by atoms with Gasteiger partial charge in [0.05, 0.1) is 15.6 Å². The third-order valence-corrected chi connectivity index (χ3v) is 3.04. The van der Waals surface area contributed by atoms with E-state index in [2.05, 4.69) is 15.5 Å². The number of nitrogens with one attached hydrogen (secondary N) is 1. The van der Waals surface area contributed by atoms with E-state index in [1.807, 2.05) is 6.92 Å². The van der Waals surface area contributed by atoms with E-state index >= 15 is 0 Å². The summed E-state index contributed by atoms with van der Waals surface area (Å²) in [6.07, 6.45) is 0.683. The molecule has 0 atom stereocenters. The van der Waals surface area contributed by atoms with Crippen LogP contribution in [0.3, 0.4) is 0 Å². The molecule has 0 fully saturated rings. The molecular formula is C12H13Cl2N3O. The van der Waals surface area contributed by atoms with Crippen molar-refractivity contribution < 1.29 is 4.42 Å². The lowest BCUT2D eigenvalue weighted by molar-refractivity contribution is 0.496. The summed E-state index contributed by atoms with van der Waals surface area (Å²) in [6.45, 7) is 3.76. The Labute approximate surface area is 115 Å². The van der Waals surface area contributed by atoms with Gasteiger partial charge in [0.1, 0.15) is 0 Å². The molecule has 1 aromatic heterocycles. The fraction of sp³-hybridized carbons (Fsp3) is 0.333. The van der Waals surface area contributed by atoms with Crippen LogP contribution in [-0.2, 0) is 6.42 Å². The molecule has 1 heterocycles. The van der Waals surface area contributed by atoms with Crippen molar-refractivity contribution in [2.24, 2.45) is 0 Å². The van der Waals surface area contributed by atoms with Crippen LogP contribution in [-0.4, -0.2) is 23.3 Å². The number of nitrogens with zero attached hydrogens (tertiary/aromatic N) is 2. The highest BCUT2D eigenvalue weighted by Gasteiger charge is 2.15. The molecule has 0 spiro atoms. The first-order valence-electron chi connectivity index (χ1n) is 5.70. The average Bonchev–Trinajstić information content (AvgIpc) is 2.78. The fourth-order valence-corrected chi connectivity index (χ4v) is 2.09. The van der Waals surface area contributed by atoms with E-state index < -0.39 is 0 Å². The number of rotatable bonds is 5. The van der Waals surface area contributed by atoms with E-state index in [0.29, 0.717) is 33.8 Å². The molecule has 0 saturated carbocycles. The maximum absolute atomic E-state index is 6.08. The minimum atomic E-state index is 0.358. The van der Waals surface area contributed by atoms with Crippen molar-refractivity contribution in [1.82, 2.24) is 15.5 Å². The lowest BCUT2D eigenvalue weighted by Gasteiger charge is -2.01. The van der Waals surface area contributed by atoms with Gasteiger partial charge in [0.2, 0.25) is 5.89 Å². The number of aromatic nitrogens is 2. The summed E-state index contributed by atoms with van der Waals surface area (Å²) in [4.78, 5) is 0. The van der Waals surface area contributed by atoms with Gasteiger partial charge in [-0.15, -0.1) is 10.2 Å². The minimum Gasteiger partial charge on any atom is -0.421 e. The van der Waals surface area contributed by atoms with Crippen LogP contribution >= 0.6 is 23.2 Å². The van der Waals surface area contributed by atoms with E-state index in [9.17, 15) is 0 Å². The highest BCUT2D eigenvalue weighted by Crippen LogP contribution is 2.33. The van der Waals surface area contributed by atoms with Crippen LogP contribution in [0.15, 0.2) is 22.6 Å². The zero-order valence-corrected chi connectivity index (χ0v) is 11.4. The first kappa shape index (κ1) is 13.3. The van der Waals surface area contributed by atoms with Crippen LogP contribution in [0.2, 0.25) is 10.0 Å². The summed E-state index contributed by atoms with van der Waals surface area (Å²) < 4.78 is 5.55. The van der Waals surface area contributed by atoms with Crippen molar-refractivity contribution >= 4 is 23.2 Å². The molecule has 6 heteroatoms. The van der Waals surface area contributed by atoms with Crippen LogP contribution in [0.5, 0.6) is 0 Å². The molecule has 0 amide bonds. The molecule has 0 aliphatic heterocycles. The predicted molar refractivity (Wildman–Crippen MR) is 72.0 cm³/mol. The van der Waals surface area contributed by atoms with E-state index in [1.165, 1.54) is 0 Å². The van der Waals surface area contributed by atoms with E-state index in [1.54, 1.807) is 18.2 Å². The molecule has 1 N–H and O–H groups in total. The number of hydrogen-bond donors (Lipinski definition) is 1. The summed E-state index contributed by atoms with van der Waals surface area (Å²) in [5, 5.41) is 12.1. The third-order valence-electron chi connectivity index (χ3n) is 2.41. The molecule has 18 heavy (non-hydrogen) atoms. The summed E-state index contributed by atoms with van der Waals surface area (Å²) in [6, 6.07) is 5.26. The van der Waals surface area contributed by atoms with E-state index in [0.717, 1.165) is 13.1 Å². The summed E-state index contributed by atoms with van der Waals surface area (Å²) >= 11 is 12.2. The Kier molecular flexibility index (Phi) is 4.58. The standard InChI is InChI=1S/C12H13Cl2N3O/c1-2-15-7-6-10-16-17-12(18-10)11-8(13)4-3-5-9(11)14/h3-5,15H,2,6-7H2,1H3. The lowest BCUT2D eigenvalue weighted by atomic mass is 10.2. The maximum atomic E-state index is 6.08. The quantitative estimate of drug-likeness (QED) is 0.858. The second-order valence-electron chi connectivity index (χ2n) is 3.70. The Balaban J connectivity index is 2.19. The topological polar surface area (TPSA) is 51.0 Å². The normalized spacial score (nSPS) is 10.8. The molecule has 0 bridgehead atoms. The molecule has 0 aliphatic carbocycles. The second kappa shape index (κ2) is 6.18. The predicted octanol–water partition coefficient (Wildman–Crippen LogP) is 3.20. The number of hydrogen-bond acceptors (Lipinski definition) is 4. The molecule has 2 aromatic rings. The Bertz CT molecular complexity index is 508. The van der Waals surface area contributed by atoms with Crippen LogP contribution in [0.25, 0.3) is 11.5 Å². The van der Waals surface area contributed by atoms with Gasteiger partial charge >= 0.3 is 0 Å². The van der Waals surface area contributed by atoms with Crippen LogP contribution in [0, 0.1) is 0 Å². The van der Waals surface area contributed by atoms with Gasteiger partial charge in [-0.25, -0.2) is 0 Å². The first-order valence-corrected chi connectivity index (χ1v) is 6.45. The van der Waals surface area contributed by atoms with Crippen molar-refractivity contribution in [3.63, 3.8) is 0 Å². The highest BCUT2D eigenvalue weighted by atomic mass is 35.5. The van der Waals surface area contributed by atoms with Crippen molar-refractivity contribution in [3.8, 4) is 11.5 Å². The second-order valence-corrected chi connectivity index (χ2v) is 4.52. The maximum Gasteiger partial charge on any atom is 0.250 e. The van der Waals surface area contributed by atoms with Crippen LogP contribution < -0.4 is 5.32 Å². The summed E-state index contributed by atoms with van der Waals surface area (Å²) in [7, 11) is 0. The van der Waals surface area contributed by atoms with Gasteiger partial charge < -0.3 is 9.73 Å². The average molecular weight is 286 g/mol. The molecule has 0 unspecified atom stereocenters. The monoisotopic (exact) mass is 285 g/mol. The Morgan fingerprint density at radius 1 is 1.22 bits per heavy atom. The van der Waals surface area contributed by atoms with Crippen molar-refractivity contribution in [2.75, 3.05) is 13.1 Å². The smallest absolute Gasteiger partial charge is 0.250 e. The van der Waals surface area contributed by atoms with Crippen molar-refractivity contribution in [2.45, 2.75) is 13.3 Å².